The van der Waals surface area contributed by atoms with Gasteiger partial charge in [0.15, 0.2) is 11.6 Å². The molecule has 6 rings (SSSR count). The molecule has 37 heavy (non-hydrogen) atoms. The number of terminal acetylenes is 1. The van der Waals surface area contributed by atoms with E-state index in [2.05, 4.69) is 69.5 Å². The average Bonchev–Trinajstić information content (AvgIpc) is 3.44. The summed E-state index contributed by atoms with van der Waals surface area (Å²) in [4.78, 5) is 35.7. The van der Waals surface area contributed by atoms with E-state index in [-0.39, 0.29) is 0 Å². The molecule has 1 saturated carbocycles. The van der Waals surface area contributed by atoms with Gasteiger partial charge in [0.1, 0.15) is 0 Å². The first kappa shape index (κ1) is 25.8. The summed E-state index contributed by atoms with van der Waals surface area (Å²) in [7, 11) is 0. The molecule has 0 bridgehead atoms. The number of nitrogens with one attached hydrogen (secondary N) is 3. The molecule has 3 aromatic rings. The van der Waals surface area contributed by atoms with E-state index in [1.165, 1.54) is 50.0 Å². The molecule has 0 atom stereocenters. The number of aromatic amines is 1. The second-order valence-electron chi connectivity index (χ2n) is 8.51. The van der Waals surface area contributed by atoms with Gasteiger partial charge in [-0.05, 0) is 25.7 Å². The average molecular weight is 506 g/mol. The molecular weight excluding hydrogens is 474 g/mol. The van der Waals surface area contributed by atoms with Crippen molar-refractivity contribution in [1.82, 2.24) is 35.1 Å². The summed E-state index contributed by atoms with van der Waals surface area (Å²) in [6.45, 7) is 5.02. The number of amides is 1. The van der Waals surface area contributed by atoms with Crippen molar-refractivity contribution in [3.8, 4) is 12.8 Å². The maximum Gasteiger partial charge on any atom is 0.235 e. The van der Waals surface area contributed by atoms with Gasteiger partial charge >= 0.3 is 0 Å². The van der Waals surface area contributed by atoms with E-state index in [1.54, 1.807) is 0 Å². The topological polar surface area (TPSA) is 150 Å². The van der Waals surface area contributed by atoms with Crippen LogP contribution in [0.1, 0.15) is 37.3 Å². The van der Waals surface area contributed by atoms with E-state index in [4.69, 9.17) is 9.72 Å². The van der Waals surface area contributed by atoms with Gasteiger partial charge in [-0.1, -0.05) is 0 Å². The molecule has 2 aliphatic heterocycles. The van der Waals surface area contributed by atoms with Gasteiger partial charge in [0, 0.05) is 56.3 Å². The van der Waals surface area contributed by atoms with Crippen LogP contribution in [0.25, 0.3) is 0 Å². The van der Waals surface area contributed by atoms with Gasteiger partial charge in [0.25, 0.3) is 0 Å². The molecule has 0 radical (unpaired) electrons. The number of H-pyrrole nitrogens is 1. The van der Waals surface area contributed by atoms with Crippen molar-refractivity contribution < 1.29 is 9.53 Å². The Labute approximate surface area is 215 Å². The van der Waals surface area contributed by atoms with Crippen LogP contribution >= 0.6 is 0 Å². The molecule has 3 N–H and O–H groups in total. The lowest BCUT2D eigenvalue weighted by atomic mass is 10.3. The minimum absolute atomic E-state index is 0.465. The Morgan fingerprint density at radius 3 is 2.30 bits per heavy atom. The molecule has 1 aliphatic carbocycles. The zero-order valence-electron chi connectivity index (χ0n) is 20.6. The van der Waals surface area contributed by atoms with Crippen LogP contribution in [0.3, 0.4) is 0 Å². The van der Waals surface area contributed by atoms with Crippen molar-refractivity contribution in [1.29, 1.82) is 0 Å². The zero-order valence-corrected chi connectivity index (χ0v) is 20.6. The van der Waals surface area contributed by atoms with Gasteiger partial charge in [-0.15, -0.1) is 12.8 Å². The van der Waals surface area contributed by atoms with Crippen molar-refractivity contribution in [3.05, 3.63) is 30.4 Å². The van der Waals surface area contributed by atoms with Crippen molar-refractivity contribution in [2.24, 2.45) is 0 Å². The Balaban J connectivity index is 0.000000246. The molecule has 0 aromatic carbocycles. The predicted octanol–water partition coefficient (Wildman–Crippen LogP) is 1.95. The van der Waals surface area contributed by atoms with Crippen LogP contribution in [0.5, 0.6) is 0 Å². The third-order valence-corrected chi connectivity index (χ3v) is 5.92. The van der Waals surface area contributed by atoms with E-state index < -0.39 is 0 Å². The van der Waals surface area contributed by atoms with E-state index in [0.29, 0.717) is 43.3 Å². The van der Waals surface area contributed by atoms with Gasteiger partial charge < -0.3 is 25.2 Å². The third kappa shape index (κ3) is 7.34. The van der Waals surface area contributed by atoms with E-state index in [9.17, 15) is 4.79 Å². The number of nitrogens with zero attached hydrogens (tertiary/aromatic N) is 8. The highest BCUT2D eigenvalue weighted by molar-refractivity contribution is 5.67. The SMILES string of the molecule is C#C.O=CNc1cnccn1.c1c(Nc2nc(N3CCCC3)nc(N3CCOCC3)n2)n[nH]c1C1CC1. The number of hydrogen-bond acceptors (Lipinski definition) is 11. The predicted molar refractivity (Wildman–Crippen MR) is 140 cm³/mol. The molecule has 0 unspecified atom stereocenters. The van der Waals surface area contributed by atoms with Crippen molar-refractivity contribution in [2.75, 3.05) is 59.8 Å². The van der Waals surface area contributed by atoms with Crippen LogP contribution < -0.4 is 20.4 Å². The van der Waals surface area contributed by atoms with Gasteiger partial charge in [0.05, 0.1) is 19.4 Å². The smallest absolute Gasteiger partial charge is 0.235 e. The zero-order chi connectivity index (χ0) is 25.9. The van der Waals surface area contributed by atoms with Crippen LogP contribution in [0.15, 0.2) is 24.7 Å². The number of morpholine rings is 1. The number of aromatic nitrogens is 7. The highest BCUT2D eigenvalue weighted by atomic mass is 16.5. The van der Waals surface area contributed by atoms with Crippen molar-refractivity contribution in [2.45, 2.75) is 31.6 Å². The molecule has 3 fully saturated rings. The third-order valence-electron chi connectivity index (χ3n) is 5.92. The molecular formula is C24H31N11O2. The quantitative estimate of drug-likeness (QED) is 0.319. The first-order chi connectivity index (χ1) is 18.3. The van der Waals surface area contributed by atoms with Crippen molar-refractivity contribution >= 4 is 35.9 Å². The van der Waals surface area contributed by atoms with Gasteiger partial charge in [-0.25, -0.2) is 4.98 Å². The fraction of sp³-hybridized carbons (Fsp3) is 0.458. The Hall–Kier alpha value is -4.31. The summed E-state index contributed by atoms with van der Waals surface area (Å²) in [5, 5.41) is 13.1. The highest BCUT2D eigenvalue weighted by Crippen LogP contribution is 2.39. The molecule has 3 aromatic heterocycles. The molecule has 13 heteroatoms. The summed E-state index contributed by atoms with van der Waals surface area (Å²) in [6, 6.07) is 2.06. The number of hydrogen-bond donors (Lipinski definition) is 3. The summed E-state index contributed by atoms with van der Waals surface area (Å²) in [5.41, 5.74) is 1.19. The second kappa shape index (κ2) is 13.1. The summed E-state index contributed by atoms with van der Waals surface area (Å²) in [5.74, 6) is 3.88. The summed E-state index contributed by atoms with van der Waals surface area (Å²) >= 11 is 0. The van der Waals surface area contributed by atoms with E-state index in [1.807, 2.05) is 0 Å². The number of rotatable bonds is 7. The van der Waals surface area contributed by atoms with E-state index >= 15 is 0 Å². The largest absolute Gasteiger partial charge is 0.378 e. The first-order valence-electron chi connectivity index (χ1n) is 12.2. The number of carbonyl (C=O) groups excluding carboxylic acids is 1. The van der Waals surface area contributed by atoms with Crippen LogP contribution in [0.2, 0.25) is 0 Å². The number of anilines is 5. The molecule has 13 nitrogen and oxygen atoms in total. The maximum absolute atomic E-state index is 9.80. The minimum Gasteiger partial charge on any atom is -0.378 e. The number of ether oxygens (including phenoxy) is 1. The lowest BCUT2D eigenvalue weighted by molar-refractivity contribution is -0.105. The van der Waals surface area contributed by atoms with Gasteiger partial charge in [-0.3, -0.25) is 14.9 Å². The summed E-state index contributed by atoms with van der Waals surface area (Å²) in [6.07, 6.45) is 17.9. The standard InChI is InChI=1S/C17H24N8O.C5H5N3O.C2H2/c1-2-6-24(5-1)16-19-15(18-14-11-13(22-23-14)12-3-4-12)20-17(21-16)25-7-9-26-10-8-25;9-4-8-5-3-6-1-2-7-5;1-2/h11-12H,1-10H2,(H2,18,19,20,21,22,23);1-4H,(H,7,8,9);1-2H. The molecule has 194 valence electrons. The van der Waals surface area contributed by atoms with E-state index in [0.717, 1.165) is 37.9 Å². The monoisotopic (exact) mass is 505 g/mol. The van der Waals surface area contributed by atoms with Gasteiger partial charge in [0.2, 0.25) is 24.3 Å². The van der Waals surface area contributed by atoms with Crippen LogP contribution in [0, 0.1) is 12.8 Å². The van der Waals surface area contributed by atoms with Gasteiger partial charge in [-0.2, -0.15) is 20.1 Å². The fourth-order valence-electron chi connectivity index (χ4n) is 3.93. The molecule has 0 spiro atoms. The maximum atomic E-state index is 9.80. The Morgan fingerprint density at radius 1 is 0.973 bits per heavy atom. The Bertz CT molecular complexity index is 1140. The normalized spacial score (nSPS) is 16.6. The highest BCUT2D eigenvalue weighted by Gasteiger charge is 2.26. The molecule has 5 heterocycles. The minimum atomic E-state index is 0.465. The lowest BCUT2D eigenvalue weighted by Crippen LogP contribution is -2.38. The van der Waals surface area contributed by atoms with Crippen LogP contribution in [-0.2, 0) is 9.53 Å². The second-order valence-corrected chi connectivity index (χ2v) is 8.51. The number of carbonyl (C=O) groups is 1. The fourth-order valence-corrected chi connectivity index (χ4v) is 3.93. The first-order valence-corrected chi connectivity index (χ1v) is 12.2. The molecule has 3 aliphatic rings. The summed E-state index contributed by atoms with van der Waals surface area (Å²) < 4.78 is 5.46. The Kier molecular flexibility index (Phi) is 9.14. The Morgan fingerprint density at radius 2 is 1.68 bits per heavy atom. The molecule has 1 amide bonds. The van der Waals surface area contributed by atoms with Crippen LogP contribution in [-0.4, -0.2) is 80.9 Å². The lowest BCUT2D eigenvalue weighted by Gasteiger charge is -2.27. The van der Waals surface area contributed by atoms with Crippen molar-refractivity contribution in [3.63, 3.8) is 0 Å². The van der Waals surface area contributed by atoms with Crippen LogP contribution in [0.4, 0.5) is 29.5 Å². The molecule has 2 saturated heterocycles.